The molecule has 0 aromatic carbocycles. The Labute approximate surface area is 116 Å². The van der Waals surface area contributed by atoms with E-state index in [1.165, 1.54) is 11.3 Å². The van der Waals surface area contributed by atoms with Crippen LogP contribution in [0.15, 0.2) is 0 Å². The summed E-state index contributed by atoms with van der Waals surface area (Å²) in [6.07, 6.45) is 0.693. The topological polar surface area (TPSA) is 59.3 Å². The normalized spacial score (nSPS) is 14.6. The van der Waals surface area contributed by atoms with E-state index >= 15 is 0 Å². The fourth-order valence-electron chi connectivity index (χ4n) is 2.65. The molecule has 0 saturated heterocycles. The van der Waals surface area contributed by atoms with Crippen LogP contribution in [-0.4, -0.2) is 41.3 Å². The van der Waals surface area contributed by atoms with Gasteiger partial charge in [-0.15, -0.1) is 0 Å². The number of hydrogen-bond donors (Lipinski definition) is 2. The molecule has 1 rings (SSSR count). The maximum atomic E-state index is 9.09. The Hall–Kier alpha value is -0.910. The Morgan fingerprint density at radius 2 is 2.11 bits per heavy atom. The summed E-state index contributed by atoms with van der Waals surface area (Å²) in [5, 5.41) is 17.1. The van der Waals surface area contributed by atoms with Crippen LogP contribution in [0.2, 0.25) is 0 Å². The summed E-state index contributed by atoms with van der Waals surface area (Å²) < 4.78 is 7.21. The predicted molar refractivity (Wildman–Crippen MR) is 76.3 cm³/mol. The molecule has 1 aromatic rings. The number of aliphatic hydroxyl groups is 1. The van der Waals surface area contributed by atoms with Crippen LogP contribution in [0.4, 0.5) is 0 Å². The molecular weight excluding hydrogens is 242 g/mol. The van der Waals surface area contributed by atoms with Gasteiger partial charge in [-0.1, -0.05) is 0 Å². The standard InChI is InChI=1S/C14H27N3O2/c1-6-17-12(4)14(11(3)16-17)10(2)15-13(7-8-18)9-19-5/h10,13,15,18H,6-9H2,1-5H3. The molecule has 0 fully saturated rings. The lowest BCUT2D eigenvalue weighted by Crippen LogP contribution is -2.36. The van der Waals surface area contributed by atoms with Gasteiger partial charge in [-0.3, -0.25) is 4.68 Å². The van der Waals surface area contributed by atoms with Crippen LogP contribution in [0.1, 0.15) is 43.3 Å². The highest BCUT2D eigenvalue weighted by molar-refractivity contribution is 5.27. The van der Waals surface area contributed by atoms with E-state index in [0.29, 0.717) is 13.0 Å². The van der Waals surface area contributed by atoms with Gasteiger partial charge in [0, 0.05) is 43.6 Å². The molecule has 0 aliphatic carbocycles. The van der Waals surface area contributed by atoms with E-state index in [1.807, 2.05) is 11.6 Å². The van der Waals surface area contributed by atoms with Crippen molar-refractivity contribution in [1.29, 1.82) is 0 Å². The lowest BCUT2D eigenvalue weighted by Gasteiger charge is -2.22. The Morgan fingerprint density at radius 3 is 2.58 bits per heavy atom. The van der Waals surface area contributed by atoms with E-state index in [0.717, 1.165) is 12.2 Å². The van der Waals surface area contributed by atoms with Crippen molar-refractivity contribution in [2.75, 3.05) is 20.3 Å². The van der Waals surface area contributed by atoms with E-state index in [2.05, 4.69) is 31.2 Å². The van der Waals surface area contributed by atoms with E-state index in [1.54, 1.807) is 7.11 Å². The molecule has 2 atom stereocenters. The van der Waals surface area contributed by atoms with Gasteiger partial charge >= 0.3 is 0 Å². The largest absolute Gasteiger partial charge is 0.396 e. The fraction of sp³-hybridized carbons (Fsp3) is 0.786. The van der Waals surface area contributed by atoms with Crippen molar-refractivity contribution in [1.82, 2.24) is 15.1 Å². The van der Waals surface area contributed by atoms with E-state index in [9.17, 15) is 0 Å². The zero-order chi connectivity index (χ0) is 14.4. The van der Waals surface area contributed by atoms with Gasteiger partial charge in [-0.2, -0.15) is 5.10 Å². The molecule has 110 valence electrons. The maximum absolute atomic E-state index is 9.09. The predicted octanol–water partition coefficient (Wildman–Crippen LogP) is 1.57. The summed E-state index contributed by atoms with van der Waals surface area (Å²) in [6.45, 7) is 10.0. The number of aryl methyl sites for hydroxylation is 2. The Balaban J connectivity index is 2.81. The van der Waals surface area contributed by atoms with Crippen LogP contribution in [0.25, 0.3) is 0 Å². The highest BCUT2D eigenvalue weighted by Gasteiger charge is 2.19. The number of ether oxygens (including phenoxy) is 1. The van der Waals surface area contributed by atoms with Gasteiger partial charge in [0.2, 0.25) is 0 Å². The van der Waals surface area contributed by atoms with Crippen molar-refractivity contribution >= 4 is 0 Å². The van der Waals surface area contributed by atoms with Crippen LogP contribution < -0.4 is 5.32 Å². The Morgan fingerprint density at radius 1 is 1.42 bits per heavy atom. The zero-order valence-corrected chi connectivity index (χ0v) is 12.7. The van der Waals surface area contributed by atoms with Crippen LogP contribution >= 0.6 is 0 Å². The Bertz CT molecular complexity index is 384. The number of aromatic nitrogens is 2. The number of nitrogens with zero attached hydrogens (tertiary/aromatic N) is 2. The highest BCUT2D eigenvalue weighted by Crippen LogP contribution is 2.22. The minimum Gasteiger partial charge on any atom is -0.396 e. The first-order chi connectivity index (χ1) is 9.04. The molecule has 19 heavy (non-hydrogen) atoms. The van der Waals surface area contributed by atoms with Crippen molar-refractivity contribution in [2.45, 2.75) is 52.7 Å². The summed E-state index contributed by atoms with van der Waals surface area (Å²) >= 11 is 0. The molecule has 1 heterocycles. The summed E-state index contributed by atoms with van der Waals surface area (Å²) in [4.78, 5) is 0. The molecule has 1 aromatic heterocycles. The highest BCUT2D eigenvalue weighted by atomic mass is 16.5. The van der Waals surface area contributed by atoms with E-state index < -0.39 is 0 Å². The molecule has 0 radical (unpaired) electrons. The fourth-order valence-corrected chi connectivity index (χ4v) is 2.65. The van der Waals surface area contributed by atoms with Crippen molar-refractivity contribution in [3.8, 4) is 0 Å². The zero-order valence-electron chi connectivity index (χ0n) is 12.7. The van der Waals surface area contributed by atoms with Gasteiger partial charge in [0.25, 0.3) is 0 Å². The molecule has 2 N–H and O–H groups in total. The molecule has 5 nitrogen and oxygen atoms in total. The third-order valence-electron chi connectivity index (χ3n) is 3.50. The van der Waals surface area contributed by atoms with Crippen LogP contribution in [0.5, 0.6) is 0 Å². The first kappa shape index (κ1) is 16.1. The molecule has 0 spiro atoms. The summed E-state index contributed by atoms with van der Waals surface area (Å²) in [7, 11) is 1.68. The van der Waals surface area contributed by atoms with Gasteiger partial charge in [-0.05, 0) is 34.1 Å². The van der Waals surface area contributed by atoms with Crippen molar-refractivity contribution in [2.24, 2.45) is 0 Å². The molecular formula is C14H27N3O2. The number of nitrogens with one attached hydrogen (secondary N) is 1. The summed E-state index contributed by atoms with van der Waals surface area (Å²) in [5.74, 6) is 0. The van der Waals surface area contributed by atoms with Crippen molar-refractivity contribution < 1.29 is 9.84 Å². The second-order valence-electron chi connectivity index (χ2n) is 4.95. The second kappa shape index (κ2) is 7.62. The van der Waals surface area contributed by atoms with Crippen molar-refractivity contribution in [3.05, 3.63) is 17.0 Å². The lowest BCUT2D eigenvalue weighted by molar-refractivity contribution is 0.143. The van der Waals surface area contributed by atoms with Gasteiger partial charge in [0.15, 0.2) is 0 Å². The Kier molecular flexibility index (Phi) is 6.48. The minimum absolute atomic E-state index is 0.161. The number of methoxy groups -OCH3 is 1. The first-order valence-electron chi connectivity index (χ1n) is 6.94. The van der Waals surface area contributed by atoms with Crippen LogP contribution in [0.3, 0.4) is 0 Å². The third-order valence-corrected chi connectivity index (χ3v) is 3.50. The molecule has 0 amide bonds. The smallest absolute Gasteiger partial charge is 0.0644 e. The van der Waals surface area contributed by atoms with Gasteiger partial charge in [-0.25, -0.2) is 0 Å². The molecule has 0 saturated carbocycles. The van der Waals surface area contributed by atoms with Gasteiger partial charge < -0.3 is 15.2 Å². The quantitative estimate of drug-likeness (QED) is 0.752. The average molecular weight is 269 g/mol. The minimum atomic E-state index is 0.161. The molecule has 0 bridgehead atoms. The number of aliphatic hydroxyl groups excluding tert-OH is 1. The lowest BCUT2D eigenvalue weighted by atomic mass is 10.0. The molecule has 5 heteroatoms. The van der Waals surface area contributed by atoms with Crippen LogP contribution in [-0.2, 0) is 11.3 Å². The maximum Gasteiger partial charge on any atom is 0.0644 e. The first-order valence-corrected chi connectivity index (χ1v) is 6.94. The van der Waals surface area contributed by atoms with Crippen molar-refractivity contribution in [3.63, 3.8) is 0 Å². The number of hydrogen-bond acceptors (Lipinski definition) is 4. The second-order valence-corrected chi connectivity index (χ2v) is 4.95. The van der Waals surface area contributed by atoms with Gasteiger partial charge in [0.1, 0.15) is 0 Å². The SMILES string of the molecule is CCn1nc(C)c(C(C)NC(CCO)COC)c1C. The number of rotatable bonds is 8. The summed E-state index contributed by atoms with van der Waals surface area (Å²) in [5.41, 5.74) is 3.53. The molecule has 2 unspecified atom stereocenters. The summed E-state index contributed by atoms with van der Waals surface area (Å²) in [6, 6.07) is 0.362. The van der Waals surface area contributed by atoms with E-state index in [4.69, 9.17) is 9.84 Å². The monoisotopic (exact) mass is 269 g/mol. The third kappa shape index (κ3) is 4.03. The van der Waals surface area contributed by atoms with E-state index in [-0.39, 0.29) is 18.7 Å². The van der Waals surface area contributed by atoms with Gasteiger partial charge in [0.05, 0.1) is 12.3 Å². The average Bonchev–Trinajstić information content (AvgIpc) is 2.64. The van der Waals surface area contributed by atoms with Crippen LogP contribution in [0, 0.1) is 13.8 Å². The molecule has 0 aliphatic rings. The molecule has 0 aliphatic heterocycles.